The molecule has 0 aromatic heterocycles. The molecular formula is C11H22N2O3S. The van der Waals surface area contributed by atoms with Crippen molar-refractivity contribution in [3.05, 3.63) is 0 Å². The van der Waals surface area contributed by atoms with Crippen molar-refractivity contribution in [3.63, 3.8) is 0 Å². The first kappa shape index (κ1) is 14.4. The van der Waals surface area contributed by atoms with Crippen molar-refractivity contribution in [2.45, 2.75) is 26.2 Å². The van der Waals surface area contributed by atoms with E-state index in [0.29, 0.717) is 19.5 Å². The van der Waals surface area contributed by atoms with Gasteiger partial charge in [0.05, 0.1) is 11.5 Å². The van der Waals surface area contributed by atoms with Crippen molar-refractivity contribution in [1.29, 1.82) is 0 Å². The van der Waals surface area contributed by atoms with Crippen molar-refractivity contribution in [2.75, 3.05) is 24.6 Å². The lowest BCUT2D eigenvalue weighted by atomic mass is 10.0. The topological polar surface area (TPSA) is 89.3 Å². The van der Waals surface area contributed by atoms with Gasteiger partial charge in [0.15, 0.2) is 9.84 Å². The second kappa shape index (κ2) is 6.35. The van der Waals surface area contributed by atoms with Gasteiger partial charge in [-0.05, 0) is 31.7 Å². The van der Waals surface area contributed by atoms with Crippen LogP contribution in [0.1, 0.15) is 26.2 Å². The van der Waals surface area contributed by atoms with Crippen LogP contribution < -0.4 is 11.1 Å². The van der Waals surface area contributed by atoms with E-state index >= 15 is 0 Å². The van der Waals surface area contributed by atoms with Gasteiger partial charge in [0.25, 0.3) is 0 Å². The van der Waals surface area contributed by atoms with Crippen molar-refractivity contribution >= 4 is 15.7 Å². The van der Waals surface area contributed by atoms with E-state index in [0.717, 1.165) is 12.8 Å². The molecule has 5 nitrogen and oxygen atoms in total. The molecule has 0 bridgehead atoms. The van der Waals surface area contributed by atoms with Gasteiger partial charge in [0.2, 0.25) is 5.91 Å². The summed E-state index contributed by atoms with van der Waals surface area (Å²) in [5, 5.41) is 2.83. The second-order valence-corrected chi connectivity index (χ2v) is 7.07. The molecule has 0 saturated carbocycles. The average Bonchev–Trinajstić information content (AvgIpc) is 2.62. The van der Waals surface area contributed by atoms with Crippen LogP contribution in [0.4, 0.5) is 0 Å². The van der Waals surface area contributed by atoms with E-state index in [2.05, 4.69) is 5.32 Å². The van der Waals surface area contributed by atoms with Gasteiger partial charge in [-0.3, -0.25) is 4.79 Å². The number of nitrogens with two attached hydrogens (primary N) is 1. The van der Waals surface area contributed by atoms with Gasteiger partial charge < -0.3 is 11.1 Å². The van der Waals surface area contributed by atoms with Crippen LogP contribution in [0.25, 0.3) is 0 Å². The Balaban J connectivity index is 2.24. The van der Waals surface area contributed by atoms with Crippen LogP contribution >= 0.6 is 0 Å². The van der Waals surface area contributed by atoms with Crippen molar-refractivity contribution in [3.8, 4) is 0 Å². The number of nitrogens with one attached hydrogen (secondary N) is 1. The highest BCUT2D eigenvalue weighted by molar-refractivity contribution is 7.91. The molecule has 1 saturated heterocycles. The Labute approximate surface area is 103 Å². The van der Waals surface area contributed by atoms with Crippen LogP contribution in [0.15, 0.2) is 0 Å². The summed E-state index contributed by atoms with van der Waals surface area (Å²) in [5.41, 5.74) is 5.38. The van der Waals surface area contributed by atoms with E-state index in [1.807, 2.05) is 6.92 Å². The third-order valence-corrected chi connectivity index (χ3v) is 5.02. The normalized spacial score (nSPS) is 24.5. The molecule has 6 heteroatoms. The van der Waals surface area contributed by atoms with Gasteiger partial charge in [-0.1, -0.05) is 6.92 Å². The number of hydrogen-bond acceptors (Lipinski definition) is 4. The molecule has 3 N–H and O–H groups in total. The van der Waals surface area contributed by atoms with Gasteiger partial charge >= 0.3 is 0 Å². The SMILES string of the molecule is CC(CCCN)C(=O)NCC1CCS(=O)(=O)C1. The predicted octanol–water partition coefficient (Wildman–Crippen LogP) is -0.0877. The molecule has 2 atom stereocenters. The Kier molecular flexibility index (Phi) is 5.39. The molecule has 2 unspecified atom stereocenters. The fourth-order valence-electron chi connectivity index (χ4n) is 2.01. The Hall–Kier alpha value is -0.620. The molecule has 1 aliphatic rings. The molecule has 1 aliphatic heterocycles. The first-order chi connectivity index (χ1) is 7.94. The molecule has 17 heavy (non-hydrogen) atoms. The molecule has 1 amide bonds. The zero-order valence-electron chi connectivity index (χ0n) is 10.3. The van der Waals surface area contributed by atoms with Crippen LogP contribution in [0.3, 0.4) is 0 Å². The molecular weight excluding hydrogens is 240 g/mol. The molecule has 1 heterocycles. The quantitative estimate of drug-likeness (QED) is 0.700. The fourth-order valence-corrected chi connectivity index (χ4v) is 3.87. The smallest absolute Gasteiger partial charge is 0.222 e. The maximum atomic E-state index is 11.7. The summed E-state index contributed by atoms with van der Waals surface area (Å²) in [6.45, 7) is 2.94. The Morgan fingerprint density at radius 2 is 2.24 bits per heavy atom. The second-order valence-electron chi connectivity index (χ2n) is 4.85. The van der Waals surface area contributed by atoms with Crippen LogP contribution in [0.5, 0.6) is 0 Å². The van der Waals surface area contributed by atoms with E-state index in [1.165, 1.54) is 0 Å². The summed E-state index contributed by atoms with van der Waals surface area (Å²) < 4.78 is 22.5. The molecule has 1 fully saturated rings. The molecule has 0 spiro atoms. The molecule has 0 aliphatic carbocycles. The van der Waals surface area contributed by atoms with Gasteiger partial charge in [-0.15, -0.1) is 0 Å². The van der Waals surface area contributed by atoms with Crippen LogP contribution in [0.2, 0.25) is 0 Å². The third kappa shape index (κ3) is 5.04. The summed E-state index contributed by atoms with van der Waals surface area (Å²) in [5.74, 6) is 0.519. The summed E-state index contributed by atoms with van der Waals surface area (Å²) in [6, 6.07) is 0. The zero-order valence-corrected chi connectivity index (χ0v) is 11.1. The highest BCUT2D eigenvalue weighted by atomic mass is 32.2. The first-order valence-corrected chi connectivity index (χ1v) is 7.95. The van der Waals surface area contributed by atoms with E-state index in [-0.39, 0.29) is 29.2 Å². The van der Waals surface area contributed by atoms with Crippen molar-refractivity contribution < 1.29 is 13.2 Å². The third-order valence-electron chi connectivity index (χ3n) is 3.18. The maximum Gasteiger partial charge on any atom is 0.222 e. The highest BCUT2D eigenvalue weighted by Gasteiger charge is 2.28. The van der Waals surface area contributed by atoms with Gasteiger partial charge in [-0.2, -0.15) is 0 Å². The average molecular weight is 262 g/mol. The van der Waals surface area contributed by atoms with Crippen LogP contribution in [-0.4, -0.2) is 38.9 Å². The van der Waals surface area contributed by atoms with Crippen LogP contribution in [0, 0.1) is 11.8 Å². The highest BCUT2D eigenvalue weighted by Crippen LogP contribution is 2.17. The Bertz CT molecular complexity index is 354. The minimum Gasteiger partial charge on any atom is -0.356 e. The summed E-state index contributed by atoms with van der Waals surface area (Å²) in [7, 11) is -2.85. The Morgan fingerprint density at radius 3 is 2.76 bits per heavy atom. The lowest BCUT2D eigenvalue weighted by molar-refractivity contribution is -0.124. The first-order valence-electron chi connectivity index (χ1n) is 6.13. The molecule has 1 rings (SSSR count). The van der Waals surface area contributed by atoms with E-state index in [4.69, 9.17) is 5.73 Å². The largest absolute Gasteiger partial charge is 0.356 e. The fraction of sp³-hybridized carbons (Fsp3) is 0.909. The lowest BCUT2D eigenvalue weighted by Crippen LogP contribution is -2.34. The lowest BCUT2D eigenvalue weighted by Gasteiger charge is -2.14. The number of carbonyl (C=O) groups excluding carboxylic acids is 1. The monoisotopic (exact) mass is 262 g/mol. The Morgan fingerprint density at radius 1 is 1.53 bits per heavy atom. The van der Waals surface area contributed by atoms with Crippen molar-refractivity contribution in [1.82, 2.24) is 5.32 Å². The number of sulfone groups is 1. The van der Waals surface area contributed by atoms with E-state index in [9.17, 15) is 13.2 Å². The number of rotatable bonds is 6. The number of carbonyl (C=O) groups is 1. The van der Waals surface area contributed by atoms with Gasteiger partial charge in [0, 0.05) is 12.5 Å². The minimum atomic E-state index is -2.85. The minimum absolute atomic E-state index is 0.00254. The van der Waals surface area contributed by atoms with E-state index < -0.39 is 9.84 Å². The van der Waals surface area contributed by atoms with Gasteiger partial charge in [0.1, 0.15) is 0 Å². The number of amides is 1. The van der Waals surface area contributed by atoms with Crippen LogP contribution in [-0.2, 0) is 14.6 Å². The summed E-state index contributed by atoms with van der Waals surface area (Å²) >= 11 is 0. The maximum absolute atomic E-state index is 11.7. The van der Waals surface area contributed by atoms with E-state index in [1.54, 1.807) is 0 Å². The van der Waals surface area contributed by atoms with Crippen molar-refractivity contribution in [2.24, 2.45) is 17.6 Å². The molecule has 100 valence electrons. The molecule has 0 radical (unpaired) electrons. The van der Waals surface area contributed by atoms with Gasteiger partial charge in [-0.25, -0.2) is 8.42 Å². The summed E-state index contributed by atoms with van der Waals surface area (Å²) in [4.78, 5) is 11.7. The molecule has 0 aromatic rings. The predicted molar refractivity (Wildman–Crippen MR) is 67.2 cm³/mol. The number of hydrogen-bond donors (Lipinski definition) is 2. The summed E-state index contributed by atoms with van der Waals surface area (Å²) in [6.07, 6.45) is 2.29. The standard InChI is InChI=1S/C11H22N2O3S/c1-9(3-2-5-12)11(14)13-7-10-4-6-17(15,16)8-10/h9-10H,2-8,12H2,1H3,(H,13,14). The molecule has 0 aromatic carbocycles. The zero-order chi connectivity index (χ0) is 12.9.